The third-order valence-corrected chi connectivity index (χ3v) is 4.97. The quantitative estimate of drug-likeness (QED) is 0.199. The molecule has 0 aliphatic heterocycles. The van der Waals surface area contributed by atoms with E-state index in [2.05, 4.69) is 30.2 Å². The van der Waals surface area contributed by atoms with Crippen molar-refractivity contribution in [2.45, 2.75) is 12.6 Å². The van der Waals surface area contributed by atoms with E-state index < -0.39 is 22.5 Å². The number of imidazole rings is 1. The van der Waals surface area contributed by atoms with Gasteiger partial charge in [0, 0.05) is 37.0 Å². The van der Waals surface area contributed by atoms with Gasteiger partial charge in [-0.1, -0.05) is 0 Å². The summed E-state index contributed by atoms with van der Waals surface area (Å²) in [6.07, 6.45) is -0.610. The molecule has 3 aromatic heterocycles. The van der Waals surface area contributed by atoms with Crippen LogP contribution in [0.3, 0.4) is 0 Å². The van der Waals surface area contributed by atoms with Gasteiger partial charge < -0.3 is 16.0 Å². The number of nitrogens with two attached hydrogens (primary N) is 1. The number of benzene rings is 1. The first-order chi connectivity index (χ1) is 16.6. The van der Waals surface area contributed by atoms with Gasteiger partial charge in [0.25, 0.3) is 0 Å². The highest BCUT2D eigenvalue weighted by Crippen LogP contribution is 2.40. The smallest absolute Gasteiger partial charge is 0.378 e. The first-order valence-corrected chi connectivity index (χ1v) is 10.0. The molecule has 35 heavy (non-hydrogen) atoms. The second-order valence-corrected chi connectivity index (χ2v) is 7.20. The van der Waals surface area contributed by atoms with E-state index in [9.17, 15) is 27.7 Å². The van der Waals surface area contributed by atoms with E-state index in [1.54, 1.807) is 0 Å². The minimum atomic E-state index is -4.83. The SMILES string of the molecule is Nc1nc(NCCc2ncnc(-c3ccc(F)cc3C(F)(F)F)c2-c2ncc[nH]2)ccc1[N+](=O)[O-]. The number of nitrogen functional groups attached to an aromatic ring is 1. The topological polar surface area (TPSA) is 149 Å². The lowest BCUT2D eigenvalue weighted by molar-refractivity contribution is -0.384. The van der Waals surface area contributed by atoms with Crippen LogP contribution in [0, 0.1) is 15.9 Å². The molecule has 0 bridgehead atoms. The minimum absolute atomic E-state index is 0.0741. The molecule has 0 saturated heterocycles. The fraction of sp³-hybridized carbons (Fsp3) is 0.143. The maximum Gasteiger partial charge on any atom is 0.417 e. The molecule has 180 valence electrons. The van der Waals surface area contributed by atoms with Crippen molar-refractivity contribution in [1.29, 1.82) is 0 Å². The highest BCUT2D eigenvalue weighted by atomic mass is 19.4. The molecular formula is C21H16F4N8O2. The summed E-state index contributed by atoms with van der Waals surface area (Å²) >= 11 is 0. The number of H-pyrrole nitrogens is 1. The molecule has 0 aliphatic carbocycles. The summed E-state index contributed by atoms with van der Waals surface area (Å²) in [5.41, 5.74) is 4.24. The summed E-state index contributed by atoms with van der Waals surface area (Å²) in [6.45, 7) is 0.198. The van der Waals surface area contributed by atoms with E-state index >= 15 is 0 Å². The van der Waals surface area contributed by atoms with Crippen molar-refractivity contribution in [2.75, 3.05) is 17.6 Å². The zero-order valence-electron chi connectivity index (χ0n) is 17.7. The molecule has 3 heterocycles. The number of hydrogen-bond donors (Lipinski definition) is 3. The Bertz CT molecular complexity index is 1380. The number of anilines is 2. The normalized spacial score (nSPS) is 11.4. The van der Waals surface area contributed by atoms with Gasteiger partial charge in [0.1, 0.15) is 23.8 Å². The zero-order chi connectivity index (χ0) is 25.2. The fourth-order valence-corrected chi connectivity index (χ4v) is 3.45. The van der Waals surface area contributed by atoms with Gasteiger partial charge in [0.05, 0.1) is 27.4 Å². The van der Waals surface area contributed by atoms with Crippen LogP contribution in [-0.4, -0.2) is 36.4 Å². The average Bonchev–Trinajstić information content (AvgIpc) is 3.33. The molecule has 14 heteroatoms. The van der Waals surface area contributed by atoms with E-state index in [4.69, 9.17) is 5.73 Å². The van der Waals surface area contributed by atoms with E-state index in [1.165, 1.54) is 24.5 Å². The van der Waals surface area contributed by atoms with Crippen LogP contribution in [0.15, 0.2) is 49.1 Å². The summed E-state index contributed by atoms with van der Waals surface area (Å²) in [6, 6.07) is 4.93. The second-order valence-electron chi connectivity index (χ2n) is 7.20. The van der Waals surface area contributed by atoms with Gasteiger partial charge >= 0.3 is 11.9 Å². The van der Waals surface area contributed by atoms with Crippen molar-refractivity contribution in [1.82, 2.24) is 24.9 Å². The Labute approximate surface area is 194 Å². The molecule has 0 unspecified atom stereocenters. The molecule has 0 amide bonds. The average molecular weight is 488 g/mol. The van der Waals surface area contributed by atoms with Gasteiger partial charge in [-0.25, -0.2) is 24.3 Å². The molecule has 0 atom stereocenters. The number of rotatable bonds is 7. The number of hydrogen-bond acceptors (Lipinski definition) is 8. The van der Waals surface area contributed by atoms with Crippen molar-refractivity contribution in [3.05, 3.63) is 76.2 Å². The third-order valence-electron chi connectivity index (χ3n) is 4.97. The number of aromatic amines is 1. The summed E-state index contributed by atoms with van der Waals surface area (Å²) < 4.78 is 54.7. The lowest BCUT2D eigenvalue weighted by Gasteiger charge is -2.16. The van der Waals surface area contributed by atoms with E-state index in [0.717, 1.165) is 18.5 Å². The Hall–Kier alpha value is -4.62. The minimum Gasteiger partial charge on any atom is -0.378 e. The Morgan fingerprint density at radius 1 is 1.14 bits per heavy atom. The van der Waals surface area contributed by atoms with Crippen molar-refractivity contribution in [3.63, 3.8) is 0 Å². The summed E-state index contributed by atoms with van der Waals surface area (Å²) in [7, 11) is 0. The molecule has 4 N–H and O–H groups in total. The van der Waals surface area contributed by atoms with E-state index in [0.29, 0.717) is 11.8 Å². The molecule has 4 rings (SSSR count). The van der Waals surface area contributed by atoms with E-state index in [1.807, 2.05) is 0 Å². The molecule has 0 spiro atoms. The highest BCUT2D eigenvalue weighted by Gasteiger charge is 2.35. The fourth-order valence-electron chi connectivity index (χ4n) is 3.45. The number of nitro groups is 1. The van der Waals surface area contributed by atoms with Crippen molar-refractivity contribution in [2.24, 2.45) is 0 Å². The number of halogens is 4. The Morgan fingerprint density at radius 3 is 2.60 bits per heavy atom. The Balaban J connectivity index is 1.70. The first-order valence-electron chi connectivity index (χ1n) is 10.0. The number of alkyl halides is 3. The van der Waals surface area contributed by atoms with Gasteiger partial charge in [-0.05, 0) is 24.3 Å². The van der Waals surface area contributed by atoms with Crippen molar-refractivity contribution in [3.8, 4) is 22.6 Å². The molecule has 1 aromatic carbocycles. The monoisotopic (exact) mass is 488 g/mol. The van der Waals surface area contributed by atoms with Crippen LogP contribution in [0.1, 0.15) is 11.3 Å². The van der Waals surface area contributed by atoms with Crippen LogP contribution in [0.4, 0.5) is 34.9 Å². The van der Waals surface area contributed by atoms with Gasteiger partial charge in [0.15, 0.2) is 0 Å². The standard InChI is InChI=1S/C21H16F4N8O2/c22-11-1-2-12(13(9-11)21(23,24)25)18-17(20-28-7-8-29-20)14(30-10-31-18)5-6-27-16-4-3-15(33(34)35)19(26)32-16/h1-4,7-10H,5-6H2,(H,28,29)(H3,26,27,32). The van der Waals surface area contributed by atoms with Crippen LogP contribution in [0.2, 0.25) is 0 Å². The Kier molecular flexibility index (Phi) is 6.27. The summed E-state index contributed by atoms with van der Waals surface area (Å²) in [4.78, 5) is 29.4. The molecule has 0 saturated carbocycles. The maximum atomic E-state index is 13.7. The van der Waals surface area contributed by atoms with Gasteiger partial charge in [-0.2, -0.15) is 13.2 Å². The predicted octanol–water partition coefficient (Wildman–Crippen LogP) is 4.23. The molecule has 0 aliphatic rings. The lowest BCUT2D eigenvalue weighted by Crippen LogP contribution is -2.12. The molecule has 10 nitrogen and oxygen atoms in total. The largest absolute Gasteiger partial charge is 0.417 e. The van der Waals surface area contributed by atoms with Crippen LogP contribution in [0.5, 0.6) is 0 Å². The Morgan fingerprint density at radius 2 is 1.94 bits per heavy atom. The molecule has 0 fully saturated rings. The van der Waals surface area contributed by atoms with Crippen LogP contribution < -0.4 is 11.1 Å². The van der Waals surface area contributed by atoms with Crippen molar-refractivity contribution >= 4 is 17.3 Å². The predicted molar refractivity (Wildman–Crippen MR) is 118 cm³/mol. The highest BCUT2D eigenvalue weighted by molar-refractivity contribution is 5.81. The van der Waals surface area contributed by atoms with Crippen LogP contribution in [0.25, 0.3) is 22.6 Å². The number of pyridine rings is 1. The first kappa shape index (κ1) is 23.5. The van der Waals surface area contributed by atoms with Crippen molar-refractivity contribution < 1.29 is 22.5 Å². The summed E-state index contributed by atoms with van der Waals surface area (Å²) in [5, 5.41) is 13.8. The van der Waals surface area contributed by atoms with Gasteiger partial charge in [0.2, 0.25) is 5.82 Å². The number of nitrogens with zero attached hydrogens (tertiary/aromatic N) is 5. The maximum absolute atomic E-state index is 13.7. The van der Waals surface area contributed by atoms with Crippen LogP contribution in [-0.2, 0) is 12.6 Å². The number of aromatic nitrogens is 5. The second kappa shape index (κ2) is 9.32. The van der Waals surface area contributed by atoms with Crippen LogP contribution >= 0.6 is 0 Å². The third kappa shape index (κ3) is 5.00. The van der Waals surface area contributed by atoms with E-state index in [-0.39, 0.29) is 52.9 Å². The molecule has 4 aromatic rings. The summed E-state index contributed by atoms with van der Waals surface area (Å²) in [5.74, 6) is -0.809. The van der Waals surface area contributed by atoms with Gasteiger partial charge in [-0.3, -0.25) is 10.1 Å². The zero-order valence-corrected chi connectivity index (χ0v) is 17.7. The van der Waals surface area contributed by atoms with Gasteiger partial charge in [-0.15, -0.1) is 0 Å². The lowest BCUT2D eigenvalue weighted by atomic mass is 9.97. The molecule has 0 radical (unpaired) electrons. The molecular weight excluding hydrogens is 472 g/mol. The number of nitrogens with one attached hydrogen (secondary N) is 2.